The molecule has 0 unspecified atom stereocenters. The zero-order valence-corrected chi connectivity index (χ0v) is 14.3. The molecule has 6 rings (SSSR count). The van der Waals surface area contributed by atoms with Gasteiger partial charge in [0.25, 0.3) is 5.91 Å². The molecule has 0 N–H and O–H groups in total. The molecule has 4 heteroatoms. The van der Waals surface area contributed by atoms with Gasteiger partial charge in [0.1, 0.15) is 5.69 Å². The molecule has 0 saturated carbocycles. The Labute approximate surface area is 148 Å². The van der Waals surface area contributed by atoms with Gasteiger partial charge in [-0.1, -0.05) is 36.4 Å². The van der Waals surface area contributed by atoms with Crippen LogP contribution in [0.3, 0.4) is 0 Å². The average Bonchev–Trinajstić information content (AvgIpc) is 3.12. The molecule has 0 spiro atoms. The van der Waals surface area contributed by atoms with Crippen LogP contribution in [-0.4, -0.2) is 52.4 Å². The van der Waals surface area contributed by atoms with E-state index in [-0.39, 0.29) is 5.91 Å². The molecule has 0 aliphatic carbocycles. The van der Waals surface area contributed by atoms with E-state index in [1.54, 1.807) is 6.20 Å². The molecule has 0 radical (unpaired) electrons. The summed E-state index contributed by atoms with van der Waals surface area (Å²) in [5.41, 5.74) is 1.94. The van der Waals surface area contributed by atoms with Crippen LogP contribution in [0.1, 0.15) is 34.8 Å². The second kappa shape index (κ2) is 5.95. The third-order valence-electron chi connectivity index (χ3n) is 6.37. The zero-order valence-electron chi connectivity index (χ0n) is 14.3. The van der Waals surface area contributed by atoms with Crippen LogP contribution in [0.25, 0.3) is 0 Å². The highest BCUT2D eigenvalue weighted by Crippen LogP contribution is 2.46. The standard InChI is InChI=1S/C21H23N3O/c25-21(18-8-4-5-11-22-18)24-14-17(15-6-2-1-3-7-15)20-19(24)16-9-12-23(20)13-10-16/h1-8,11,16-17,19-20H,9-10,12-14H2/t17-,19+,20+/m1/s1. The lowest BCUT2D eigenvalue weighted by atomic mass is 9.75. The van der Waals surface area contributed by atoms with Gasteiger partial charge in [0, 0.05) is 24.7 Å². The van der Waals surface area contributed by atoms with Crippen LogP contribution in [0.2, 0.25) is 0 Å². The van der Waals surface area contributed by atoms with Crippen molar-refractivity contribution in [2.75, 3.05) is 19.6 Å². The van der Waals surface area contributed by atoms with Gasteiger partial charge >= 0.3 is 0 Å². The molecule has 2 bridgehead atoms. The summed E-state index contributed by atoms with van der Waals surface area (Å²) < 4.78 is 0. The summed E-state index contributed by atoms with van der Waals surface area (Å²) in [4.78, 5) is 22.3. The Balaban J connectivity index is 1.53. The number of amides is 1. The summed E-state index contributed by atoms with van der Waals surface area (Å²) in [7, 11) is 0. The second-order valence-corrected chi connectivity index (χ2v) is 7.54. The fourth-order valence-corrected chi connectivity index (χ4v) is 5.28. The Morgan fingerprint density at radius 2 is 1.72 bits per heavy atom. The van der Waals surface area contributed by atoms with E-state index in [0.29, 0.717) is 29.6 Å². The molecule has 1 aromatic carbocycles. The van der Waals surface area contributed by atoms with Gasteiger partial charge in [0.2, 0.25) is 0 Å². The number of likely N-dealkylation sites (tertiary alicyclic amines) is 1. The van der Waals surface area contributed by atoms with Crippen molar-refractivity contribution >= 4 is 5.91 Å². The van der Waals surface area contributed by atoms with Crippen molar-refractivity contribution in [2.24, 2.45) is 5.92 Å². The summed E-state index contributed by atoms with van der Waals surface area (Å²) in [5, 5.41) is 0. The molecule has 3 atom stereocenters. The number of carbonyl (C=O) groups excluding carboxylic acids is 1. The van der Waals surface area contributed by atoms with Crippen molar-refractivity contribution in [1.82, 2.24) is 14.8 Å². The molecule has 4 aliphatic rings. The Hall–Kier alpha value is -2.20. The third-order valence-corrected chi connectivity index (χ3v) is 6.37. The highest BCUT2D eigenvalue weighted by Gasteiger charge is 2.54. The number of nitrogens with zero attached hydrogens (tertiary/aromatic N) is 3. The predicted octanol–water partition coefficient (Wildman–Crippen LogP) is 2.78. The van der Waals surface area contributed by atoms with E-state index in [0.717, 1.165) is 6.54 Å². The Bertz CT molecular complexity index is 755. The first-order valence-corrected chi connectivity index (χ1v) is 9.34. The molecule has 5 heterocycles. The number of carbonyl (C=O) groups is 1. The summed E-state index contributed by atoms with van der Waals surface area (Å²) in [5.74, 6) is 1.14. The van der Waals surface area contributed by atoms with Gasteiger partial charge in [-0.25, -0.2) is 0 Å². The highest BCUT2D eigenvalue weighted by molar-refractivity contribution is 5.93. The van der Waals surface area contributed by atoms with E-state index < -0.39 is 0 Å². The normalized spacial score (nSPS) is 33.3. The summed E-state index contributed by atoms with van der Waals surface area (Å²) in [6.07, 6.45) is 4.15. The molecule has 4 aliphatic heterocycles. The van der Waals surface area contributed by atoms with Crippen molar-refractivity contribution in [3.63, 3.8) is 0 Å². The molecule has 1 aromatic heterocycles. The lowest BCUT2D eigenvalue weighted by Gasteiger charge is -2.51. The number of hydrogen-bond donors (Lipinski definition) is 0. The number of pyridine rings is 1. The molecule has 25 heavy (non-hydrogen) atoms. The monoisotopic (exact) mass is 333 g/mol. The van der Waals surface area contributed by atoms with Crippen LogP contribution in [0, 0.1) is 5.92 Å². The summed E-state index contributed by atoms with van der Waals surface area (Å²) >= 11 is 0. The lowest BCUT2D eigenvalue weighted by molar-refractivity contribution is -0.00358. The summed E-state index contributed by atoms with van der Waals surface area (Å²) in [6.45, 7) is 3.17. The van der Waals surface area contributed by atoms with E-state index in [2.05, 4.69) is 45.1 Å². The molecule has 4 fully saturated rings. The van der Waals surface area contributed by atoms with Crippen LogP contribution in [0.15, 0.2) is 54.7 Å². The van der Waals surface area contributed by atoms with Gasteiger partial charge < -0.3 is 4.90 Å². The third kappa shape index (κ3) is 2.39. The van der Waals surface area contributed by atoms with Crippen LogP contribution < -0.4 is 0 Å². The van der Waals surface area contributed by atoms with Gasteiger partial charge in [-0.05, 0) is 49.5 Å². The van der Waals surface area contributed by atoms with E-state index in [9.17, 15) is 4.79 Å². The molecular formula is C21H23N3O. The lowest BCUT2D eigenvalue weighted by Crippen LogP contribution is -2.60. The first-order valence-electron chi connectivity index (χ1n) is 9.34. The van der Waals surface area contributed by atoms with E-state index in [1.807, 2.05) is 18.2 Å². The number of hydrogen-bond acceptors (Lipinski definition) is 3. The number of piperidine rings is 3. The molecule has 4 nitrogen and oxygen atoms in total. The maximum atomic E-state index is 13.2. The van der Waals surface area contributed by atoms with Crippen LogP contribution in [0.4, 0.5) is 0 Å². The van der Waals surface area contributed by atoms with Gasteiger partial charge in [-0.15, -0.1) is 0 Å². The fraction of sp³-hybridized carbons (Fsp3) is 0.429. The first kappa shape index (κ1) is 15.1. The zero-order chi connectivity index (χ0) is 16.8. The van der Waals surface area contributed by atoms with Crippen molar-refractivity contribution in [3.8, 4) is 0 Å². The number of aromatic nitrogens is 1. The SMILES string of the molecule is O=C(c1ccccn1)N1C[C@H](c2ccccc2)[C@H]2[C@@H]1C1CCN2CC1. The fourth-order valence-electron chi connectivity index (χ4n) is 5.28. The first-order chi connectivity index (χ1) is 12.3. The molecule has 4 saturated heterocycles. The number of rotatable bonds is 2. The van der Waals surface area contributed by atoms with Crippen molar-refractivity contribution in [3.05, 3.63) is 66.0 Å². The highest BCUT2D eigenvalue weighted by atomic mass is 16.2. The maximum Gasteiger partial charge on any atom is 0.272 e. The van der Waals surface area contributed by atoms with Crippen molar-refractivity contribution in [1.29, 1.82) is 0 Å². The van der Waals surface area contributed by atoms with Crippen molar-refractivity contribution in [2.45, 2.75) is 30.8 Å². The minimum atomic E-state index is 0.0998. The van der Waals surface area contributed by atoms with Gasteiger partial charge in [-0.2, -0.15) is 0 Å². The quantitative estimate of drug-likeness (QED) is 0.848. The van der Waals surface area contributed by atoms with E-state index >= 15 is 0 Å². The number of benzene rings is 1. The van der Waals surface area contributed by atoms with Crippen LogP contribution in [0.5, 0.6) is 0 Å². The van der Waals surface area contributed by atoms with E-state index in [4.69, 9.17) is 0 Å². The number of fused-ring (bicyclic) bond motifs is 2. The van der Waals surface area contributed by atoms with Crippen molar-refractivity contribution < 1.29 is 4.79 Å². The topological polar surface area (TPSA) is 36.4 Å². The molecule has 2 aromatic rings. The summed E-state index contributed by atoms with van der Waals surface area (Å²) in [6, 6.07) is 17.1. The van der Waals surface area contributed by atoms with Crippen LogP contribution >= 0.6 is 0 Å². The Kier molecular flexibility index (Phi) is 3.59. The molecule has 1 amide bonds. The van der Waals surface area contributed by atoms with E-state index in [1.165, 1.54) is 31.5 Å². The molecular weight excluding hydrogens is 310 g/mol. The maximum absolute atomic E-state index is 13.2. The van der Waals surface area contributed by atoms with Gasteiger partial charge in [-0.3, -0.25) is 14.7 Å². The van der Waals surface area contributed by atoms with Crippen LogP contribution in [-0.2, 0) is 0 Å². The van der Waals surface area contributed by atoms with Gasteiger partial charge in [0.05, 0.1) is 6.04 Å². The largest absolute Gasteiger partial charge is 0.332 e. The Morgan fingerprint density at radius 1 is 0.960 bits per heavy atom. The minimum Gasteiger partial charge on any atom is -0.332 e. The predicted molar refractivity (Wildman–Crippen MR) is 96.3 cm³/mol. The smallest absolute Gasteiger partial charge is 0.272 e. The molecule has 128 valence electrons. The minimum absolute atomic E-state index is 0.0998. The second-order valence-electron chi connectivity index (χ2n) is 7.54. The Morgan fingerprint density at radius 3 is 2.44 bits per heavy atom. The average molecular weight is 333 g/mol. The van der Waals surface area contributed by atoms with Gasteiger partial charge in [0.15, 0.2) is 0 Å².